The number of unbranched alkanes of at least 4 members (excludes halogenated alkanes) is 2. The largest absolute Gasteiger partial charge is 0.493 e. The molecule has 1 unspecified atom stereocenters. The topological polar surface area (TPSA) is 93.1 Å². The number of aliphatic imine (C=N–C) groups is 1. The van der Waals surface area contributed by atoms with Crippen molar-refractivity contribution in [1.29, 1.82) is 0 Å². The van der Waals surface area contributed by atoms with Gasteiger partial charge in [0.25, 0.3) is 11.8 Å². The minimum atomic E-state index is -0.0823. The number of ether oxygens (including phenoxy) is 4. The molecule has 2 aromatic rings. The van der Waals surface area contributed by atoms with Crippen molar-refractivity contribution in [2.24, 2.45) is 4.99 Å². The van der Waals surface area contributed by atoms with Gasteiger partial charge in [-0.25, -0.2) is 0 Å². The first-order valence-electron chi connectivity index (χ1n) is 15.2. The quantitative estimate of drug-likeness (QED) is 0.322. The lowest BCUT2D eigenvalue weighted by Crippen LogP contribution is -2.37. The average Bonchev–Trinajstić information content (AvgIpc) is 3.53. The molecule has 0 spiro atoms. The fourth-order valence-corrected chi connectivity index (χ4v) is 6.40. The van der Waals surface area contributed by atoms with E-state index in [-0.39, 0.29) is 23.9 Å². The molecule has 4 heterocycles. The van der Waals surface area contributed by atoms with E-state index in [0.29, 0.717) is 53.0 Å². The van der Waals surface area contributed by atoms with Gasteiger partial charge in [0.15, 0.2) is 23.0 Å². The molecule has 6 rings (SSSR count). The van der Waals surface area contributed by atoms with Crippen LogP contribution in [-0.2, 0) is 0 Å². The molecule has 2 atom stereocenters. The number of hydrogen-bond acceptors (Lipinski definition) is 8. The number of anilines is 1. The van der Waals surface area contributed by atoms with Crippen molar-refractivity contribution in [3.8, 4) is 23.0 Å². The van der Waals surface area contributed by atoms with Crippen LogP contribution in [-0.4, -0.2) is 80.9 Å². The van der Waals surface area contributed by atoms with Gasteiger partial charge >= 0.3 is 0 Å². The maximum absolute atomic E-state index is 13.4. The second kappa shape index (κ2) is 12.3. The van der Waals surface area contributed by atoms with Gasteiger partial charge in [-0.05, 0) is 58.1 Å². The smallest absolute Gasteiger partial charge is 0.260 e. The van der Waals surface area contributed by atoms with Crippen molar-refractivity contribution in [2.75, 3.05) is 45.9 Å². The molecule has 0 fully saturated rings. The zero-order chi connectivity index (χ0) is 31.0. The van der Waals surface area contributed by atoms with Gasteiger partial charge in [-0.1, -0.05) is 11.1 Å². The molecule has 232 valence electrons. The summed E-state index contributed by atoms with van der Waals surface area (Å²) in [5, 5.41) is 0. The number of hydrogen-bond donors (Lipinski definition) is 0. The Morgan fingerprint density at radius 1 is 0.773 bits per heavy atom. The Bertz CT molecular complexity index is 1560. The fourth-order valence-electron chi connectivity index (χ4n) is 6.40. The summed E-state index contributed by atoms with van der Waals surface area (Å²) in [5.74, 6) is 2.18. The zero-order valence-electron chi connectivity index (χ0n) is 26.1. The third-order valence-corrected chi connectivity index (χ3v) is 8.64. The molecule has 10 heteroatoms. The van der Waals surface area contributed by atoms with E-state index in [4.69, 9.17) is 18.9 Å². The van der Waals surface area contributed by atoms with Gasteiger partial charge in [0, 0.05) is 44.3 Å². The van der Waals surface area contributed by atoms with E-state index in [1.54, 1.807) is 37.3 Å². The number of likely N-dealkylation sites (N-methyl/N-ethyl adjacent to an activating group) is 1. The fraction of sp³-hybridized carbons (Fsp3) is 0.441. The first kappa shape index (κ1) is 29.6. The SMILES string of the molecule is COc1cc2c(cc1OCCCCCOc1cc3c(cc1OC)C(=O)N1C=C(C)CC1CN3C)N=C[C@@H]1CC(C)=CN1C2=O. The van der Waals surface area contributed by atoms with Crippen LogP contribution >= 0.6 is 0 Å². The molecule has 4 aliphatic heterocycles. The Labute approximate surface area is 258 Å². The highest BCUT2D eigenvalue weighted by Gasteiger charge is 2.36. The van der Waals surface area contributed by atoms with Crippen molar-refractivity contribution < 1.29 is 28.5 Å². The highest BCUT2D eigenvalue weighted by molar-refractivity contribution is 6.04. The molecule has 0 saturated carbocycles. The number of nitrogens with zero attached hydrogens (tertiary/aromatic N) is 4. The van der Waals surface area contributed by atoms with Crippen LogP contribution in [0.1, 0.15) is 66.7 Å². The highest BCUT2D eigenvalue weighted by Crippen LogP contribution is 2.40. The monoisotopic (exact) mass is 600 g/mol. The summed E-state index contributed by atoms with van der Waals surface area (Å²) in [4.78, 5) is 36.9. The minimum absolute atomic E-state index is 0.00635. The molecule has 2 amide bonds. The van der Waals surface area contributed by atoms with Crippen LogP contribution in [0.5, 0.6) is 23.0 Å². The molecule has 2 aromatic carbocycles. The average molecular weight is 601 g/mol. The first-order valence-corrected chi connectivity index (χ1v) is 15.2. The Morgan fingerprint density at radius 2 is 1.39 bits per heavy atom. The van der Waals surface area contributed by atoms with E-state index in [9.17, 15) is 9.59 Å². The summed E-state index contributed by atoms with van der Waals surface area (Å²) in [6.07, 6.45) is 9.91. The van der Waals surface area contributed by atoms with Crippen molar-refractivity contribution >= 4 is 29.4 Å². The van der Waals surface area contributed by atoms with Crippen molar-refractivity contribution in [2.45, 2.75) is 58.0 Å². The summed E-state index contributed by atoms with van der Waals surface area (Å²) < 4.78 is 23.4. The Balaban J connectivity index is 1.03. The maximum Gasteiger partial charge on any atom is 0.260 e. The van der Waals surface area contributed by atoms with Crippen LogP contribution in [0.25, 0.3) is 0 Å². The molecule has 0 aliphatic carbocycles. The van der Waals surface area contributed by atoms with E-state index in [1.807, 2.05) is 43.6 Å². The summed E-state index contributed by atoms with van der Waals surface area (Å²) in [6, 6.07) is 7.32. The van der Waals surface area contributed by atoms with Crippen LogP contribution in [0.15, 0.2) is 52.8 Å². The molecular formula is C34H40N4O6. The number of fused-ring (bicyclic) bond motifs is 4. The second-order valence-corrected chi connectivity index (χ2v) is 12.0. The van der Waals surface area contributed by atoms with Gasteiger partial charge in [0.2, 0.25) is 0 Å². The van der Waals surface area contributed by atoms with E-state index < -0.39 is 0 Å². The summed E-state index contributed by atoms with van der Waals surface area (Å²) in [7, 11) is 5.19. The first-order chi connectivity index (χ1) is 21.3. The second-order valence-electron chi connectivity index (χ2n) is 12.0. The van der Waals surface area contributed by atoms with E-state index in [0.717, 1.165) is 49.9 Å². The summed E-state index contributed by atoms with van der Waals surface area (Å²) in [6.45, 7) is 5.84. The summed E-state index contributed by atoms with van der Waals surface area (Å²) in [5.41, 5.74) is 4.95. The number of carbonyl (C=O) groups excluding carboxylic acids is 2. The molecule has 0 radical (unpaired) electrons. The molecule has 44 heavy (non-hydrogen) atoms. The lowest BCUT2D eigenvalue weighted by atomic mass is 10.1. The van der Waals surface area contributed by atoms with Gasteiger partial charge in [0.1, 0.15) is 0 Å². The highest BCUT2D eigenvalue weighted by atomic mass is 16.5. The van der Waals surface area contributed by atoms with Crippen LogP contribution < -0.4 is 23.8 Å². The van der Waals surface area contributed by atoms with Crippen molar-refractivity contribution in [3.05, 3.63) is 58.9 Å². The molecule has 0 bridgehead atoms. The molecular weight excluding hydrogens is 560 g/mol. The van der Waals surface area contributed by atoms with Crippen molar-refractivity contribution in [1.82, 2.24) is 9.80 Å². The number of methoxy groups -OCH3 is 2. The Hall–Kier alpha value is -4.47. The molecule has 4 aliphatic rings. The Morgan fingerprint density at radius 3 is 2.09 bits per heavy atom. The maximum atomic E-state index is 13.4. The van der Waals surface area contributed by atoms with Gasteiger partial charge < -0.3 is 33.6 Å². The van der Waals surface area contributed by atoms with Gasteiger partial charge in [-0.2, -0.15) is 0 Å². The molecule has 0 aromatic heterocycles. The summed E-state index contributed by atoms with van der Waals surface area (Å²) >= 11 is 0. The third-order valence-electron chi connectivity index (χ3n) is 8.64. The number of benzene rings is 2. The van der Waals surface area contributed by atoms with Gasteiger partial charge in [-0.3, -0.25) is 14.6 Å². The minimum Gasteiger partial charge on any atom is -0.493 e. The predicted molar refractivity (Wildman–Crippen MR) is 169 cm³/mol. The molecule has 0 saturated heterocycles. The van der Waals surface area contributed by atoms with E-state index >= 15 is 0 Å². The Kier molecular flexibility index (Phi) is 8.25. The van der Waals surface area contributed by atoms with Crippen LogP contribution in [0, 0.1) is 0 Å². The van der Waals surface area contributed by atoms with Gasteiger partial charge in [0.05, 0.1) is 62.0 Å². The normalized spacial score (nSPS) is 20.2. The van der Waals surface area contributed by atoms with Crippen molar-refractivity contribution in [3.63, 3.8) is 0 Å². The van der Waals surface area contributed by atoms with Crippen LogP contribution in [0.3, 0.4) is 0 Å². The van der Waals surface area contributed by atoms with Crippen LogP contribution in [0.4, 0.5) is 11.4 Å². The lowest BCUT2D eigenvalue weighted by Gasteiger charge is -2.24. The molecule has 10 nitrogen and oxygen atoms in total. The van der Waals surface area contributed by atoms with E-state index in [1.165, 1.54) is 5.57 Å². The number of carbonyl (C=O) groups is 2. The standard InChI is InChI=1S/C34H40N4O6/c1-21-11-23-17-35-27-15-31(29(41-4)13-25(27)33(39)37(23)18-21)43-9-7-6-8-10-44-32-16-28-26(14-30(32)42-5)34(40)38-19-22(2)12-24(38)20-36(28)3/h13-19,23-24H,6-12,20H2,1-5H3/t23-,24?/m0/s1. The zero-order valence-corrected chi connectivity index (χ0v) is 26.1. The third kappa shape index (κ3) is 5.60. The number of amides is 2. The number of rotatable bonds is 10. The van der Waals surface area contributed by atoms with Crippen LogP contribution in [0.2, 0.25) is 0 Å². The van der Waals surface area contributed by atoms with Gasteiger partial charge in [-0.15, -0.1) is 0 Å². The predicted octanol–water partition coefficient (Wildman–Crippen LogP) is 5.73. The van der Waals surface area contributed by atoms with E-state index in [2.05, 4.69) is 16.8 Å². The lowest BCUT2D eigenvalue weighted by molar-refractivity contribution is 0.0792. The molecule has 0 N–H and O–H groups in total.